The van der Waals surface area contributed by atoms with Gasteiger partial charge in [-0.05, 0) is 40.5 Å². The molecule has 4 rings (SSSR count). The van der Waals surface area contributed by atoms with Crippen molar-refractivity contribution in [3.8, 4) is 0 Å². The second-order valence-electron chi connectivity index (χ2n) is 8.48. The molecule has 0 aromatic rings. The Kier molecular flexibility index (Phi) is 4.36. The Bertz CT molecular complexity index is 542. The first kappa shape index (κ1) is 17.7. The van der Waals surface area contributed by atoms with Crippen molar-refractivity contribution in [2.75, 3.05) is 6.61 Å². The number of rotatable bonds is 3. The molecular weight excluding hydrogens is 326 g/mol. The van der Waals surface area contributed by atoms with Crippen molar-refractivity contribution >= 4 is 6.21 Å². The zero-order valence-corrected chi connectivity index (χ0v) is 15.5. The van der Waals surface area contributed by atoms with Gasteiger partial charge in [0.25, 0.3) is 6.23 Å². The number of nitrogens with zero attached hydrogens (tertiary/aromatic N) is 1. The highest BCUT2D eigenvalue weighted by Crippen LogP contribution is 2.42. The van der Waals surface area contributed by atoms with Gasteiger partial charge in [0.2, 0.25) is 0 Å². The van der Waals surface area contributed by atoms with Crippen LogP contribution in [0.15, 0.2) is 0 Å². The second kappa shape index (κ2) is 6.16. The lowest BCUT2D eigenvalue weighted by atomic mass is 10.1. The molecule has 0 bridgehead atoms. The Morgan fingerprint density at radius 2 is 1.60 bits per heavy atom. The van der Waals surface area contributed by atoms with E-state index in [1.165, 1.54) is 12.8 Å². The molecule has 0 spiro atoms. The molecule has 142 valence electrons. The highest BCUT2D eigenvalue weighted by Gasteiger charge is 2.62. The van der Waals surface area contributed by atoms with Gasteiger partial charge in [0, 0.05) is 5.92 Å². The van der Waals surface area contributed by atoms with Gasteiger partial charge in [0.1, 0.15) is 18.3 Å². The summed E-state index contributed by atoms with van der Waals surface area (Å²) in [7, 11) is 0. The second-order valence-corrected chi connectivity index (χ2v) is 8.48. The molecule has 1 aliphatic carbocycles. The highest BCUT2D eigenvalue weighted by atomic mass is 16.8. The van der Waals surface area contributed by atoms with E-state index < -0.39 is 23.9 Å². The van der Waals surface area contributed by atoms with Crippen LogP contribution in [0.2, 0.25) is 0 Å². The lowest BCUT2D eigenvalue weighted by molar-refractivity contribution is -0.564. The molecule has 0 amide bonds. The van der Waals surface area contributed by atoms with Crippen LogP contribution in [0.4, 0.5) is 0 Å². The molecule has 0 unspecified atom stereocenters. The third-order valence-electron chi connectivity index (χ3n) is 5.47. The van der Waals surface area contributed by atoms with Crippen LogP contribution >= 0.6 is 0 Å². The van der Waals surface area contributed by atoms with Crippen LogP contribution in [0.1, 0.15) is 53.4 Å². The molecule has 3 saturated heterocycles. The van der Waals surface area contributed by atoms with E-state index in [-0.39, 0.29) is 18.3 Å². The number of ether oxygens (including phenoxy) is 5. The Labute approximate surface area is 148 Å². The Hall–Kier alpha value is -0.730. The van der Waals surface area contributed by atoms with Crippen LogP contribution < -0.4 is 0 Å². The minimum absolute atomic E-state index is 0.273. The van der Waals surface area contributed by atoms with Gasteiger partial charge in [0.05, 0.1) is 6.61 Å². The van der Waals surface area contributed by atoms with Crippen molar-refractivity contribution in [3.63, 3.8) is 0 Å². The summed E-state index contributed by atoms with van der Waals surface area (Å²) in [5.41, 5.74) is 0. The molecule has 0 radical (unpaired) electrons. The van der Waals surface area contributed by atoms with Gasteiger partial charge in [0.15, 0.2) is 23.9 Å². The van der Waals surface area contributed by atoms with E-state index in [0.717, 1.165) is 17.6 Å². The molecule has 25 heavy (non-hydrogen) atoms. The van der Waals surface area contributed by atoms with Gasteiger partial charge in [-0.3, -0.25) is 0 Å². The maximum Gasteiger partial charge on any atom is 0.297 e. The average molecular weight is 355 g/mol. The normalized spacial score (nSPS) is 43.7. The predicted octanol–water partition coefficient (Wildman–Crippen LogP) is 2.15. The summed E-state index contributed by atoms with van der Waals surface area (Å²) >= 11 is 0. The van der Waals surface area contributed by atoms with E-state index in [0.29, 0.717) is 12.5 Å². The van der Waals surface area contributed by atoms with E-state index in [9.17, 15) is 5.21 Å². The van der Waals surface area contributed by atoms with Gasteiger partial charge in [-0.1, -0.05) is 12.8 Å². The van der Waals surface area contributed by atoms with Crippen molar-refractivity contribution in [3.05, 3.63) is 5.21 Å². The fraction of sp³-hybridized carbons (Fsp3) is 0.944. The zero-order valence-electron chi connectivity index (χ0n) is 15.5. The summed E-state index contributed by atoms with van der Waals surface area (Å²) in [5.74, 6) is -1.05. The van der Waals surface area contributed by atoms with Crippen molar-refractivity contribution in [1.82, 2.24) is 0 Å². The Morgan fingerprint density at radius 3 is 2.24 bits per heavy atom. The van der Waals surface area contributed by atoms with Crippen LogP contribution in [0.25, 0.3) is 0 Å². The van der Waals surface area contributed by atoms with Crippen molar-refractivity contribution in [2.24, 2.45) is 5.92 Å². The lowest BCUT2D eigenvalue weighted by Gasteiger charge is -2.26. The maximum absolute atomic E-state index is 12.8. The molecule has 5 atom stereocenters. The molecule has 7 heteroatoms. The van der Waals surface area contributed by atoms with E-state index in [1.807, 2.05) is 27.7 Å². The smallest absolute Gasteiger partial charge is 0.297 e. The highest BCUT2D eigenvalue weighted by molar-refractivity contribution is 5.55. The molecule has 3 heterocycles. The molecule has 0 aromatic carbocycles. The van der Waals surface area contributed by atoms with Gasteiger partial charge < -0.3 is 28.9 Å². The Morgan fingerprint density at radius 1 is 0.920 bits per heavy atom. The third kappa shape index (κ3) is 3.45. The first-order valence-electron chi connectivity index (χ1n) is 9.37. The number of hydrogen-bond acceptors (Lipinski definition) is 6. The first-order chi connectivity index (χ1) is 11.7. The molecule has 0 aromatic heterocycles. The molecule has 4 fully saturated rings. The van der Waals surface area contributed by atoms with Crippen LogP contribution in [-0.2, 0) is 23.7 Å². The van der Waals surface area contributed by atoms with E-state index in [4.69, 9.17) is 23.7 Å². The maximum atomic E-state index is 12.8. The van der Waals surface area contributed by atoms with Crippen molar-refractivity contribution in [2.45, 2.75) is 95.6 Å². The molecule has 3 aliphatic heterocycles. The zero-order chi connectivity index (χ0) is 17.8. The van der Waals surface area contributed by atoms with E-state index in [2.05, 4.69) is 0 Å². The van der Waals surface area contributed by atoms with Crippen LogP contribution in [0, 0.1) is 11.1 Å². The minimum atomic E-state index is -0.737. The number of fused-ring (bicyclic) bond motifs is 1. The van der Waals surface area contributed by atoms with Gasteiger partial charge in [-0.25, -0.2) is 0 Å². The fourth-order valence-electron chi connectivity index (χ4n) is 4.39. The summed E-state index contributed by atoms with van der Waals surface area (Å²) in [6.45, 7) is 7.90. The summed E-state index contributed by atoms with van der Waals surface area (Å²) in [4.78, 5) is 0. The van der Waals surface area contributed by atoms with Crippen LogP contribution in [-0.4, -0.2) is 59.8 Å². The van der Waals surface area contributed by atoms with Gasteiger partial charge in [-0.2, -0.15) is 4.74 Å². The van der Waals surface area contributed by atoms with Crippen LogP contribution in [0.3, 0.4) is 0 Å². The third-order valence-corrected chi connectivity index (χ3v) is 5.47. The summed E-state index contributed by atoms with van der Waals surface area (Å²) in [5, 5.41) is 12.8. The average Bonchev–Trinajstić information content (AvgIpc) is 3.23. The largest absolute Gasteiger partial charge is 0.622 e. The van der Waals surface area contributed by atoms with Crippen molar-refractivity contribution in [1.29, 1.82) is 0 Å². The van der Waals surface area contributed by atoms with E-state index >= 15 is 0 Å². The molecular formula is C18H29NO6. The molecule has 1 saturated carbocycles. The van der Waals surface area contributed by atoms with Gasteiger partial charge in [-0.15, -0.1) is 0 Å². The fourth-order valence-corrected chi connectivity index (χ4v) is 4.39. The summed E-state index contributed by atoms with van der Waals surface area (Å²) in [6, 6.07) is 0. The molecule has 0 N–H and O–H groups in total. The topological polar surface area (TPSA) is 72.2 Å². The SMILES string of the molecule is CC1(C)O[C@H]2[C@@H]([C@H]3COC(C)(C)O3)O[C@H](/[N+]([O-])=C/C3CCCC3)[C@H]2O1. The molecule has 7 nitrogen and oxygen atoms in total. The monoisotopic (exact) mass is 355 g/mol. The van der Waals surface area contributed by atoms with Crippen molar-refractivity contribution < 1.29 is 28.4 Å². The first-order valence-corrected chi connectivity index (χ1v) is 9.37. The van der Waals surface area contributed by atoms with Crippen LogP contribution in [0.5, 0.6) is 0 Å². The summed E-state index contributed by atoms with van der Waals surface area (Å²) < 4.78 is 30.7. The summed E-state index contributed by atoms with van der Waals surface area (Å²) in [6.07, 6.45) is 4.15. The molecule has 4 aliphatic rings. The quantitative estimate of drug-likeness (QED) is 0.334. The predicted molar refractivity (Wildman–Crippen MR) is 89.0 cm³/mol. The minimum Gasteiger partial charge on any atom is -0.622 e. The number of hydrogen-bond donors (Lipinski definition) is 0. The number of hydroxylamine groups is 1. The standard InChI is InChI=1S/C18H29NO6/c1-17(2)21-10-12(23-17)13-14-15(25-18(3,4)24-14)16(22-13)19(20)9-11-7-5-6-8-11/h9,11-16H,5-8,10H2,1-4H3/b19-9-/t12-,13-,14+,15+,16+/m1/s1. The lowest BCUT2D eigenvalue weighted by Crippen LogP contribution is -2.40. The Balaban J connectivity index is 1.54. The van der Waals surface area contributed by atoms with Gasteiger partial charge >= 0.3 is 0 Å². The van der Waals surface area contributed by atoms with E-state index in [1.54, 1.807) is 6.21 Å².